The molecule has 4 aromatic rings. The van der Waals surface area contributed by atoms with Gasteiger partial charge in [0.15, 0.2) is 0 Å². The van der Waals surface area contributed by atoms with Crippen molar-refractivity contribution >= 4 is 17.3 Å². The smallest absolute Gasteiger partial charge is 0.307 e. The molecular formula is C27H25FN2O4S. The number of hydrogen-bond donors (Lipinski definition) is 2. The Bertz CT molecular complexity index is 1310. The van der Waals surface area contributed by atoms with Crippen molar-refractivity contribution in [1.82, 2.24) is 4.98 Å². The molecule has 35 heavy (non-hydrogen) atoms. The lowest BCUT2D eigenvalue weighted by molar-refractivity contribution is -0.136. The first kappa shape index (κ1) is 24.4. The third kappa shape index (κ3) is 6.23. The summed E-state index contributed by atoms with van der Waals surface area (Å²) in [6.07, 6.45) is 1.57. The molecule has 0 unspecified atom stereocenters. The number of aromatic nitrogens is 1. The highest BCUT2D eigenvalue weighted by molar-refractivity contribution is 7.09. The molecule has 0 bridgehead atoms. The molecule has 1 aromatic heterocycles. The van der Waals surface area contributed by atoms with Gasteiger partial charge in [-0.2, -0.15) is 0 Å². The number of para-hydroxylation sites is 1. The van der Waals surface area contributed by atoms with Crippen molar-refractivity contribution in [1.29, 1.82) is 0 Å². The lowest BCUT2D eigenvalue weighted by atomic mass is 9.97. The third-order valence-electron chi connectivity index (χ3n) is 5.35. The number of halogens is 1. The Balaban J connectivity index is 1.66. The second-order valence-electron chi connectivity index (χ2n) is 8.04. The molecule has 0 spiro atoms. The SMILES string of the molecule is C[C@@H](N)c1cccc(-c2cc(COc3ccccc3CC(=O)O)cc(OCc3nccs3)c2)c1F. The summed E-state index contributed by atoms with van der Waals surface area (Å²) in [6, 6.07) is 17.1. The van der Waals surface area contributed by atoms with Crippen molar-refractivity contribution in [2.45, 2.75) is 32.6 Å². The lowest BCUT2D eigenvalue weighted by Gasteiger charge is -2.15. The quantitative estimate of drug-likeness (QED) is 0.293. The molecule has 0 radical (unpaired) electrons. The number of benzene rings is 3. The van der Waals surface area contributed by atoms with Crippen LogP contribution in [0.2, 0.25) is 0 Å². The monoisotopic (exact) mass is 492 g/mol. The summed E-state index contributed by atoms with van der Waals surface area (Å²) in [6.45, 7) is 2.17. The predicted octanol–water partition coefficient (Wildman–Crippen LogP) is 5.75. The van der Waals surface area contributed by atoms with Crippen LogP contribution in [0.15, 0.2) is 72.2 Å². The minimum Gasteiger partial charge on any atom is -0.489 e. The summed E-state index contributed by atoms with van der Waals surface area (Å²) >= 11 is 1.49. The van der Waals surface area contributed by atoms with Crippen molar-refractivity contribution < 1.29 is 23.8 Å². The highest BCUT2D eigenvalue weighted by atomic mass is 32.1. The highest BCUT2D eigenvalue weighted by Gasteiger charge is 2.15. The molecule has 3 N–H and O–H groups in total. The molecule has 1 heterocycles. The van der Waals surface area contributed by atoms with Gasteiger partial charge in [-0.15, -0.1) is 11.3 Å². The lowest BCUT2D eigenvalue weighted by Crippen LogP contribution is -2.08. The predicted molar refractivity (Wildman–Crippen MR) is 133 cm³/mol. The Kier molecular flexibility index (Phi) is 7.74. The maximum absolute atomic E-state index is 15.3. The number of carbonyl (C=O) groups is 1. The minimum atomic E-state index is -0.939. The van der Waals surface area contributed by atoms with Crippen molar-refractivity contribution in [2.24, 2.45) is 5.73 Å². The van der Waals surface area contributed by atoms with Crippen LogP contribution in [0.3, 0.4) is 0 Å². The number of aliphatic carboxylic acids is 1. The van der Waals surface area contributed by atoms with Crippen molar-refractivity contribution in [3.8, 4) is 22.6 Å². The Labute approximate surface area is 206 Å². The molecule has 0 aliphatic heterocycles. The normalized spacial score (nSPS) is 11.7. The van der Waals surface area contributed by atoms with E-state index in [0.717, 1.165) is 10.6 Å². The van der Waals surface area contributed by atoms with E-state index in [9.17, 15) is 9.90 Å². The average Bonchev–Trinajstić information content (AvgIpc) is 3.35. The van der Waals surface area contributed by atoms with E-state index in [2.05, 4.69) is 4.98 Å². The second-order valence-corrected chi connectivity index (χ2v) is 9.02. The number of nitrogens with two attached hydrogens (primary N) is 1. The molecule has 4 rings (SSSR count). The standard InChI is InChI=1S/C27H25FN2O4S/c1-17(29)22-6-4-7-23(27(22)28)20-11-18(12-21(13-20)33-16-25-30-9-10-35-25)15-34-24-8-3-2-5-19(24)14-26(31)32/h2-13,17H,14-16,29H2,1H3,(H,31,32)/t17-/m1/s1. The number of thiazole rings is 1. The molecular weight excluding hydrogens is 467 g/mol. The Morgan fingerprint density at radius 1 is 1.11 bits per heavy atom. The molecule has 180 valence electrons. The van der Waals surface area contributed by atoms with E-state index in [0.29, 0.717) is 33.8 Å². The van der Waals surface area contributed by atoms with E-state index in [4.69, 9.17) is 15.2 Å². The Morgan fingerprint density at radius 3 is 2.69 bits per heavy atom. The first-order chi connectivity index (χ1) is 16.9. The van der Waals surface area contributed by atoms with Gasteiger partial charge in [0.25, 0.3) is 0 Å². The molecule has 0 amide bonds. The molecule has 8 heteroatoms. The maximum Gasteiger partial charge on any atom is 0.307 e. The van der Waals surface area contributed by atoms with E-state index in [1.165, 1.54) is 11.3 Å². The van der Waals surface area contributed by atoms with Gasteiger partial charge in [0.05, 0.1) is 6.42 Å². The van der Waals surface area contributed by atoms with Gasteiger partial charge in [-0.25, -0.2) is 9.37 Å². The third-order valence-corrected chi connectivity index (χ3v) is 6.10. The van der Waals surface area contributed by atoms with E-state index >= 15 is 4.39 Å². The summed E-state index contributed by atoms with van der Waals surface area (Å²) in [5, 5.41) is 11.9. The first-order valence-corrected chi connectivity index (χ1v) is 11.9. The highest BCUT2D eigenvalue weighted by Crippen LogP contribution is 2.32. The fourth-order valence-electron chi connectivity index (χ4n) is 3.69. The zero-order valence-electron chi connectivity index (χ0n) is 19.1. The maximum atomic E-state index is 15.3. The largest absolute Gasteiger partial charge is 0.489 e. The van der Waals surface area contributed by atoms with Crippen molar-refractivity contribution in [3.05, 3.63) is 99.8 Å². The summed E-state index contributed by atoms with van der Waals surface area (Å²) < 4.78 is 27.2. The number of ether oxygens (including phenoxy) is 2. The number of rotatable bonds is 10. The van der Waals surface area contributed by atoms with Gasteiger partial charge in [0.1, 0.15) is 35.5 Å². The summed E-state index contributed by atoms with van der Waals surface area (Å²) in [5.41, 5.74) is 8.73. The number of carboxylic acids is 1. The summed E-state index contributed by atoms with van der Waals surface area (Å²) in [5.74, 6) is -0.292. The number of carboxylic acid groups (broad SMARTS) is 1. The summed E-state index contributed by atoms with van der Waals surface area (Å²) in [7, 11) is 0. The molecule has 3 aromatic carbocycles. The van der Waals surface area contributed by atoms with Crippen LogP contribution in [0.5, 0.6) is 11.5 Å². The fourth-order valence-corrected chi connectivity index (χ4v) is 4.22. The zero-order chi connectivity index (χ0) is 24.8. The number of nitrogens with zero attached hydrogens (tertiary/aromatic N) is 1. The van der Waals surface area contributed by atoms with Crippen LogP contribution in [0.1, 0.15) is 34.7 Å². The van der Waals surface area contributed by atoms with Crippen LogP contribution in [0, 0.1) is 5.82 Å². The first-order valence-electron chi connectivity index (χ1n) is 11.0. The van der Waals surface area contributed by atoms with Crippen molar-refractivity contribution in [2.75, 3.05) is 0 Å². The molecule has 0 aliphatic carbocycles. The fraction of sp³-hybridized carbons (Fsp3) is 0.185. The number of hydrogen-bond acceptors (Lipinski definition) is 6. The molecule has 0 saturated carbocycles. The molecule has 1 atom stereocenters. The van der Waals surface area contributed by atoms with E-state index in [1.54, 1.807) is 61.7 Å². The van der Waals surface area contributed by atoms with Gasteiger partial charge in [-0.3, -0.25) is 4.79 Å². The van der Waals surface area contributed by atoms with E-state index < -0.39 is 12.0 Å². The van der Waals surface area contributed by atoms with Gasteiger partial charge in [0, 0.05) is 34.3 Å². The Hall–Kier alpha value is -3.75. The second kappa shape index (κ2) is 11.1. The van der Waals surface area contributed by atoms with Crippen LogP contribution >= 0.6 is 11.3 Å². The molecule has 0 aliphatic rings. The van der Waals surface area contributed by atoms with Crippen LogP contribution in [0.4, 0.5) is 4.39 Å². The van der Waals surface area contributed by atoms with Crippen LogP contribution < -0.4 is 15.2 Å². The van der Waals surface area contributed by atoms with Gasteiger partial charge < -0.3 is 20.3 Å². The van der Waals surface area contributed by atoms with Gasteiger partial charge in [0.2, 0.25) is 0 Å². The molecule has 6 nitrogen and oxygen atoms in total. The van der Waals surface area contributed by atoms with Gasteiger partial charge >= 0.3 is 5.97 Å². The minimum absolute atomic E-state index is 0.145. The van der Waals surface area contributed by atoms with Gasteiger partial charge in [-0.05, 0) is 42.3 Å². The summed E-state index contributed by atoms with van der Waals surface area (Å²) in [4.78, 5) is 15.4. The zero-order valence-corrected chi connectivity index (χ0v) is 19.9. The topological polar surface area (TPSA) is 94.7 Å². The van der Waals surface area contributed by atoms with Crippen molar-refractivity contribution in [3.63, 3.8) is 0 Å². The Morgan fingerprint density at radius 2 is 1.94 bits per heavy atom. The van der Waals surface area contributed by atoms with Crippen LogP contribution in [-0.4, -0.2) is 16.1 Å². The van der Waals surface area contributed by atoms with E-state index in [-0.39, 0.29) is 25.5 Å². The van der Waals surface area contributed by atoms with Crippen LogP contribution in [0.25, 0.3) is 11.1 Å². The molecule has 0 saturated heterocycles. The molecule has 0 fully saturated rings. The average molecular weight is 493 g/mol. The van der Waals surface area contributed by atoms with Crippen LogP contribution in [-0.2, 0) is 24.4 Å². The van der Waals surface area contributed by atoms with E-state index in [1.807, 2.05) is 17.5 Å². The van der Waals surface area contributed by atoms with Gasteiger partial charge in [-0.1, -0.05) is 36.4 Å².